The minimum Gasteiger partial charge on any atom is -0.460 e. The fourth-order valence-electron chi connectivity index (χ4n) is 3.72. The minimum absolute atomic E-state index is 0.00102. The number of hydrogen-bond donors (Lipinski definition) is 0. The van der Waals surface area contributed by atoms with Crippen LogP contribution in [-0.4, -0.2) is 31.5 Å². The van der Waals surface area contributed by atoms with Gasteiger partial charge in [0.25, 0.3) is 5.89 Å². The van der Waals surface area contributed by atoms with Crippen LogP contribution in [0.3, 0.4) is 0 Å². The van der Waals surface area contributed by atoms with Crippen LogP contribution in [0.15, 0.2) is 59.1 Å². The summed E-state index contributed by atoms with van der Waals surface area (Å²) < 4.78 is 53.6. The summed E-state index contributed by atoms with van der Waals surface area (Å²) in [6.07, 6.45) is -4.91. The summed E-state index contributed by atoms with van der Waals surface area (Å²) in [4.78, 5) is 16.3. The van der Waals surface area contributed by atoms with E-state index in [1.54, 1.807) is 38.6 Å². The predicted octanol–water partition coefficient (Wildman–Crippen LogP) is 6.10. The average Bonchev–Trinajstić information content (AvgIpc) is 3.43. The van der Waals surface area contributed by atoms with Gasteiger partial charge in [0.05, 0.1) is 11.3 Å². The number of hydrogen-bond acceptors (Lipinski definition) is 6. The van der Waals surface area contributed by atoms with E-state index >= 15 is 0 Å². The largest absolute Gasteiger partial charge is 0.460 e. The summed E-state index contributed by atoms with van der Waals surface area (Å²) in [5.41, 5.74) is 0.712. The number of alkyl halides is 3. The molecule has 4 rings (SSSR count). The first-order valence-corrected chi connectivity index (χ1v) is 11.3. The molecule has 0 saturated heterocycles. The van der Waals surface area contributed by atoms with Crippen LogP contribution in [0.4, 0.5) is 13.2 Å². The molecular weight excluding hydrogens is 473 g/mol. The molecule has 0 bridgehead atoms. The SMILES string of the molecule is Cn1nc(-c2nc(-c3ccc(CCC(=O)OC(C)(C)C)c(C(F)(F)F)c3)no2)cc1-c1ccccc1. The third-order valence-corrected chi connectivity index (χ3v) is 5.29. The summed E-state index contributed by atoms with van der Waals surface area (Å²) in [7, 11) is 1.77. The normalized spacial score (nSPS) is 12.1. The zero-order valence-corrected chi connectivity index (χ0v) is 20.3. The van der Waals surface area contributed by atoms with Gasteiger partial charge in [-0.2, -0.15) is 23.3 Å². The lowest BCUT2D eigenvalue weighted by Crippen LogP contribution is -2.24. The first-order valence-electron chi connectivity index (χ1n) is 11.3. The van der Waals surface area contributed by atoms with Crippen LogP contribution < -0.4 is 0 Å². The summed E-state index contributed by atoms with van der Waals surface area (Å²) in [5.74, 6) is -0.473. The Morgan fingerprint density at radius 3 is 2.42 bits per heavy atom. The van der Waals surface area contributed by atoms with E-state index in [1.807, 2.05) is 30.3 Å². The molecule has 0 aliphatic rings. The lowest BCUT2D eigenvalue weighted by molar-refractivity contribution is -0.155. The number of carbonyl (C=O) groups excluding carboxylic acids is 1. The average molecular weight is 499 g/mol. The lowest BCUT2D eigenvalue weighted by atomic mass is 9.99. The van der Waals surface area contributed by atoms with Gasteiger partial charge < -0.3 is 9.26 Å². The van der Waals surface area contributed by atoms with Crippen molar-refractivity contribution in [1.29, 1.82) is 0 Å². The molecule has 36 heavy (non-hydrogen) atoms. The minimum atomic E-state index is -4.63. The molecule has 0 aliphatic carbocycles. The van der Waals surface area contributed by atoms with E-state index in [-0.39, 0.29) is 35.7 Å². The van der Waals surface area contributed by atoms with Crippen molar-refractivity contribution in [1.82, 2.24) is 19.9 Å². The van der Waals surface area contributed by atoms with Crippen LogP contribution in [0.2, 0.25) is 0 Å². The molecule has 10 heteroatoms. The van der Waals surface area contributed by atoms with Gasteiger partial charge in [-0.05, 0) is 50.5 Å². The number of carbonyl (C=O) groups is 1. The van der Waals surface area contributed by atoms with E-state index in [1.165, 1.54) is 12.1 Å². The first kappa shape index (κ1) is 25.2. The Hall–Kier alpha value is -3.95. The van der Waals surface area contributed by atoms with Gasteiger partial charge in [-0.1, -0.05) is 47.6 Å². The quantitative estimate of drug-likeness (QED) is 0.299. The second kappa shape index (κ2) is 9.60. The van der Waals surface area contributed by atoms with Crippen molar-refractivity contribution in [2.24, 2.45) is 7.05 Å². The Bertz CT molecular complexity index is 1370. The summed E-state index contributed by atoms with van der Waals surface area (Å²) in [6, 6.07) is 15.1. The highest BCUT2D eigenvalue weighted by Crippen LogP contribution is 2.35. The maximum atomic E-state index is 13.8. The lowest BCUT2D eigenvalue weighted by Gasteiger charge is -2.20. The molecule has 0 unspecified atom stereocenters. The van der Waals surface area contributed by atoms with Crippen molar-refractivity contribution in [2.45, 2.75) is 45.4 Å². The van der Waals surface area contributed by atoms with Crippen LogP contribution in [0.25, 0.3) is 34.2 Å². The number of esters is 1. The van der Waals surface area contributed by atoms with E-state index in [0.29, 0.717) is 5.69 Å². The van der Waals surface area contributed by atoms with E-state index in [9.17, 15) is 18.0 Å². The Kier molecular flexibility index (Phi) is 6.71. The Morgan fingerprint density at radius 2 is 1.75 bits per heavy atom. The van der Waals surface area contributed by atoms with Crippen LogP contribution in [-0.2, 0) is 29.2 Å². The van der Waals surface area contributed by atoms with Gasteiger partial charge in [0.1, 0.15) is 5.60 Å². The van der Waals surface area contributed by atoms with Crippen LogP contribution in [0.1, 0.15) is 38.3 Å². The number of aromatic nitrogens is 4. The van der Waals surface area contributed by atoms with Crippen LogP contribution in [0, 0.1) is 0 Å². The first-order chi connectivity index (χ1) is 16.9. The van der Waals surface area contributed by atoms with Gasteiger partial charge in [-0.15, -0.1) is 0 Å². The van der Waals surface area contributed by atoms with E-state index in [0.717, 1.165) is 17.3 Å². The topological polar surface area (TPSA) is 83.0 Å². The van der Waals surface area contributed by atoms with Crippen molar-refractivity contribution in [2.75, 3.05) is 0 Å². The molecule has 0 atom stereocenters. The van der Waals surface area contributed by atoms with Crippen molar-refractivity contribution in [3.8, 4) is 34.2 Å². The molecule has 2 heterocycles. The van der Waals surface area contributed by atoms with Crippen LogP contribution in [0.5, 0.6) is 0 Å². The van der Waals surface area contributed by atoms with E-state index in [2.05, 4.69) is 15.2 Å². The molecule has 0 spiro atoms. The molecule has 4 aromatic rings. The zero-order chi connectivity index (χ0) is 26.1. The molecule has 0 aliphatic heterocycles. The molecule has 188 valence electrons. The van der Waals surface area contributed by atoms with Crippen molar-refractivity contribution in [3.63, 3.8) is 0 Å². The summed E-state index contributed by atoms with van der Waals surface area (Å²) >= 11 is 0. The summed E-state index contributed by atoms with van der Waals surface area (Å²) in [6.45, 7) is 5.11. The molecule has 2 aromatic heterocycles. The Balaban J connectivity index is 1.59. The molecular formula is C26H25F3N4O3. The van der Waals surface area contributed by atoms with E-state index in [4.69, 9.17) is 9.26 Å². The number of nitrogens with zero attached hydrogens (tertiary/aromatic N) is 4. The molecule has 2 aromatic carbocycles. The third-order valence-electron chi connectivity index (χ3n) is 5.29. The maximum Gasteiger partial charge on any atom is 0.416 e. The number of aryl methyl sites for hydroxylation is 2. The smallest absolute Gasteiger partial charge is 0.416 e. The van der Waals surface area contributed by atoms with Crippen LogP contribution >= 0.6 is 0 Å². The maximum absolute atomic E-state index is 13.8. The fourth-order valence-corrected chi connectivity index (χ4v) is 3.72. The highest BCUT2D eigenvalue weighted by atomic mass is 19.4. The van der Waals surface area contributed by atoms with Gasteiger partial charge in [0.15, 0.2) is 5.69 Å². The second-order valence-corrected chi connectivity index (χ2v) is 9.28. The number of rotatable bonds is 6. The molecule has 0 fully saturated rings. The van der Waals surface area contributed by atoms with Gasteiger partial charge >= 0.3 is 12.1 Å². The van der Waals surface area contributed by atoms with Gasteiger partial charge in [0.2, 0.25) is 5.82 Å². The van der Waals surface area contributed by atoms with Crippen molar-refractivity contribution >= 4 is 5.97 Å². The number of benzene rings is 2. The fraction of sp³-hybridized carbons (Fsp3) is 0.308. The highest BCUT2D eigenvalue weighted by molar-refractivity contribution is 5.70. The van der Waals surface area contributed by atoms with Gasteiger partial charge in [-0.25, -0.2) is 0 Å². The molecule has 0 radical (unpaired) electrons. The number of halogens is 3. The Labute approximate surface area is 205 Å². The molecule has 0 saturated carbocycles. The van der Waals surface area contributed by atoms with Crippen molar-refractivity contribution < 1.29 is 27.2 Å². The monoisotopic (exact) mass is 498 g/mol. The van der Waals surface area contributed by atoms with Gasteiger partial charge in [0, 0.05) is 19.0 Å². The van der Waals surface area contributed by atoms with E-state index < -0.39 is 23.3 Å². The highest BCUT2D eigenvalue weighted by Gasteiger charge is 2.34. The van der Waals surface area contributed by atoms with Crippen molar-refractivity contribution in [3.05, 3.63) is 65.7 Å². The van der Waals surface area contributed by atoms with Gasteiger partial charge in [-0.3, -0.25) is 9.48 Å². The third kappa shape index (κ3) is 5.81. The summed E-state index contributed by atoms with van der Waals surface area (Å²) in [5, 5.41) is 8.26. The number of ether oxygens (including phenoxy) is 1. The zero-order valence-electron chi connectivity index (χ0n) is 20.3. The molecule has 0 amide bonds. The standard InChI is InChI=1S/C26H25F3N4O3/c1-25(2,3)35-22(34)13-12-16-10-11-18(14-19(16)26(27,28)29)23-30-24(36-32-23)20-15-21(33(4)31-20)17-8-6-5-7-9-17/h5-11,14-15H,12-13H2,1-4H3. The second-order valence-electron chi connectivity index (χ2n) is 9.28. The molecule has 7 nitrogen and oxygen atoms in total. The predicted molar refractivity (Wildman–Crippen MR) is 127 cm³/mol. The Morgan fingerprint density at radius 1 is 1.03 bits per heavy atom. The molecule has 0 N–H and O–H groups in total.